The van der Waals surface area contributed by atoms with Crippen LogP contribution in [0.5, 0.6) is 5.75 Å². The Hall–Kier alpha value is -4.19. The van der Waals surface area contributed by atoms with Gasteiger partial charge < -0.3 is 15.4 Å². The van der Waals surface area contributed by atoms with Gasteiger partial charge in [0.15, 0.2) is 5.75 Å². The van der Waals surface area contributed by atoms with E-state index in [1.165, 1.54) is 17.4 Å². The molecule has 0 saturated heterocycles. The molecule has 2 heterocycles. The zero-order valence-corrected chi connectivity index (χ0v) is 18.9. The van der Waals surface area contributed by atoms with Crippen molar-refractivity contribution >= 4 is 11.9 Å². The van der Waals surface area contributed by atoms with Gasteiger partial charge in [-0.1, -0.05) is 36.4 Å². The van der Waals surface area contributed by atoms with Crippen molar-refractivity contribution in [3.63, 3.8) is 0 Å². The van der Waals surface area contributed by atoms with Crippen LogP contribution in [0.25, 0.3) is 0 Å². The summed E-state index contributed by atoms with van der Waals surface area (Å²) < 4.78 is 59.1. The summed E-state index contributed by atoms with van der Waals surface area (Å²) in [6, 6.07) is 12.1. The van der Waals surface area contributed by atoms with E-state index in [1.807, 2.05) is 30.3 Å². The minimum absolute atomic E-state index is 0.0521. The summed E-state index contributed by atoms with van der Waals surface area (Å²) in [5.41, 5.74) is 5.52. The van der Waals surface area contributed by atoms with E-state index in [1.54, 1.807) is 0 Å². The molecule has 36 heavy (non-hydrogen) atoms. The second kappa shape index (κ2) is 10.2. The summed E-state index contributed by atoms with van der Waals surface area (Å²) in [4.78, 5) is 22.3. The summed E-state index contributed by atoms with van der Waals surface area (Å²) in [6.07, 6.45) is -1.85. The number of hydrazine groups is 1. The van der Waals surface area contributed by atoms with Gasteiger partial charge in [0.1, 0.15) is 12.4 Å². The van der Waals surface area contributed by atoms with Gasteiger partial charge in [-0.3, -0.25) is 4.79 Å². The number of alkyl halides is 3. The van der Waals surface area contributed by atoms with Crippen LogP contribution in [0.2, 0.25) is 0 Å². The molecule has 0 atom stereocenters. The van der Waals surface area contributed by atoms with Crippen molar-refractivity contribution in [1.29, 1.82) is 0 Å². The molecular weight excluding hydrogens is 480 g/mol. The van der Waals surface area contributed by atoms with Crippen molar-refractivity contribution in [3.05, 3.63) is 94.8 Å². The number of rotatable bonds is 6. The Labute approximate surface area is 203 Å². The van der Waals surface area contributed by atoms with Gasteiger partial charge in [0.2, 0.25) is 5.95 Å². The molecule has 1 aliphatic heterocycles. The first-order valence-electron chi connectivity index (χ1n) is 10.8. The fourth-order valence-corrected chi connectivity index (χ4v) is 3.68. The molecule has 0 saturated carbocycles. The standard InChI is InChI=1S/C24H22F4N6O2/c25-21-17(7-4-8-18(21)24(26,27)28)22(35)33-10-9-20(19(29)13-33)34(30)23-31-11-16(12-32-23)36-14-15-5-2-1-3-6-15/h1-8,11-12H,9-10,13-14,29-30H2. The Bertz CT molecular complexity index is 1270. The predicted molar refractivity (Wildman–Crippen MR) is 123 cm³/mol. The third kappa shape index (κ3) is 5.38. The van der Waals surface area contributed by atoms with E-state index in [-0.39, 0.29) is 31.2 Å². The maximum atomic E-state index is 14.4. The molecule has 0 bridgehead atoms. The molecule has 0 radical (unpaired) electrons. The minimum atomic E-state index is -4.92. The number of nitrogens with zero attached hydrogens (tertiary/aromatic N) is 4. The molecule has 12 heteroatoms. The van der Waals surface area contributed by atoms with E-state index in [4.69, 9.17) is 16.3 Å². The normalized spacial score (nSPS) is 14.1. The van der Waals surface area contributed by atoms with E-state index in [2.05, 4.69) is 9.97 Å². The van der Waals surface area contributed by atoms with Crippen LogP contribution in [0.15, 0.2) is 72.3 Å². The smallest absolute Gasteiger partial charge is 0.419 e. The number of amides is 1. The molecule has 3 aromatic rings. The van der Waals surface area contributed by atoms with E-state index in [0.29, 0.717) is 24.1 Å². The number of carbonyl (C=O) groups excluding carboxylic acids is 1. The number of hydrogen-bond acceptors (Lipinski definition) is 7. The van der Waals surface area contributed by atoms with E-state index >= 15 is 0 Å². The molecule has 2 aromatic carbocycles. The number of halogens is 4. The topological polar surface area (TPSA) is 111 Å². The Morgan fingerprint density at radius 3 is 2.42 bits per heavy atom. The van der Waals surface area contributed by atoms with Crippen LogP contribution in [0.3, 0.4) is 0 Å². The second-order valence-electron chi connectivity index (χ2n) is 7.98. The first-order valence-corrected chi connectivity index (χ1v) is 10.8. The van der Waals surface area contributed by atoms with E-state index in [0.717, 1.165) is 22.6 Å². The molecule has 0 unspecified atom stereocenters. The lowest BCUT2D eigenvalue weighted by Crippen LogP contribution is -2.44. The third-order valence-electron chi connectivity index (χ3n) is 5.54. The number of nitrogens with two attached hydrogens (primary N) is 2. The third-order valence-corrected chi connectivity index (χ3v) is 5.54. The Morgan fingerprint density at radius 1 is 1.08 bits per heavy atom. The van der Waals surface area contributed by atoms with Gasteiger partial charge in [-0.05, 0) is 17.7 Å². The molecule has 1 aromatic heterocycles. The average molecular weight is 502 g/mol. The highest BCUT2D eigenvalue weighted by molar-refractivity contribution is 5.95. The molecule has 0 aliphatic carbocycles. The summed E-state index contributed by atoms with van der Waals surface area (Å²) in [7, 11) is 0. The zero-order chi connectivity index (χ0) is 25.9. The molecule has 1 aliphatic rings. The lowest BCUT2D eigenvalue weighted by molar-refractivity contribution is -0.140. The zero-order valence-electron chi connectivity index (χ0n) is 18.9. The van der Waals surface area contributed by atoms with E-state index < -0.39 is 29.0 Å². The summed E-state index contributed by atoms with van der Waals surface area (Å²) in [5.74, 6) is 4.18. The summed E-state index contributed by atoms with van der Waals surface area (Å²) in [6.45, 7) is 0.233. The Kier molecular flexibility index (Phi) is 7.06. The lowest BCUT2D eigenvalue weighted by atomic mass is 10.1. The number of anilines is 1. The van der Waals surface area contributed by atoms with Crippen molar-refractivity contribution < 1.29 is 27.1 Å². The lowest BCUT2D eigenvalue weighted by Gasteiger charge is -2.32. The fraction of sp³-hybridized carbons (Fsp3) is 0.208. The number of benzene rings is 2. The maximum Gasteiger partial charge on any atom is 0.419 e. The van der Waals surface area contributed by atoms with Crippen LogP contribution in [-0.4, -0.2) is 33.9 Å². The average Bonchev–Trinajstić information content (AvgIpc) is 2.87. The Balaban J connectivity index is 1.43. The van der Waals surface area contributed by atoms with Gasteiger partial charge >= 0.3 is 6.18 Å². The highest BCUT2D eigenvalue weighted by atomic mass is 19.4. The van der Waals surface area contributed by atoms with Gasteiger partial charge in [-0.2, -0.15) is 13.2 Å². The highest BCUT2D eigenvalue weighted by Crippen LogP contribution is 2.33. The number of carbonyl (C=O) groups is 1. The SMILES string of the molecule is NC1=C(N(N)c2ncc(OCc3ccccc3)cn2)CCN(C(=O)c2cccc(C(F)(F)F)c2F)C1. The largest absolute Gasteiger partial charge is 0.486 e. The minimum Gasteiger partial charge on any atom is -0.486 e. The van der Waals surface area contributed by atoms with Crippen LogP contribution >= 0.6 is 0 Å². The number of aromatic nitrogens is 2. The first kappa shape index (κ1) is 24.9. The number of ether oxygens (including phenoxy) is 1. The number of hydrogen-bond donors (Lipinski definition) is 2. The molecule has 1 amide bonds. The quantitative estimate of drug-likeness (QED) is 0.301. The second-order valence-corrected chi connectivity index (χ2v) is 7.98. The molecule has 0 spiro atoms. The van der Waals surface area contributed by atoms with Crippen LogP contribution < -0.4 is 21.3 Å². The van der Waals surface area contributed by atoms with Crippen molar-refractivity contribution in [3.8, 4) is 5.75 Å². The van der Waals surface area contributed by atoms with Crippen molar-refractivity contribution in [2.24, 2.45) is 11.6 Å². The van der Waals surface area contributed by atoms with Gasteiger partial charge in [0.25, 0.3) is 5.91 Å². The maximum absolute atomic E-state index is 14.4. The van der Waals surface area contributed by atoms with Crippen LogP contribution in [-0.2, 0) is 12.8 Å². The summed E-state index contributed by atoms with van der Waals surface area (Å²) >= 11 is 0. The monoisotopic (exact) mass is 502 g/mol. The van der Waals surface area contributed by atoms with Crippen molar-refractivity contribution in [2.45, 2.75) is 19.2 Å². The van der Waals surface area contributed by atoms with Crippen LogP contribution in [0.1, 0.15) is 27.9 Å². The van der Waals surface area contributed by atoms with Crippen molar-refractivity contribution in [2.75, 3.05) is 18.1 Å². The first-order chi connectivity index (χ1) is 17.1. The molecular formula is C24H22F4N6O2. The van der Waals surface area contributed by atoms with Gasteiger partial charge in [-0.25, -0.2) is 25.2 Å². The van der Waals surface area contributed by atoms with Gasteiger partial charge in [0, 0.05) is 18.7 Å². The molecule has 4 N–H and O–H groups in total. The van der Waals surface area contributed by atoms with Gasteiger partial charge in [0.05, 0.1) is 35.8 Å². The highest BCUT2D eigenvalue weighted by Gasteiger charge is 2.36. The molecule has 8 nitrogen and oxygen atoms in total. The molecule has 4 rings (SSSR count). The van der Waals surface area contributed by atoms with E-state index in [9.17, 15) is 22.4 Å². The van der Waals surface area contributed by atoms with Crippen LogP contribution in [0.4, 0.5) is 23.5 Å². The van der Waals surface area contributed by atoms with Gasteiger partial charge in [-0.15, -0.1) is 0 Å². The molecule has 188 valence electrons. The Morgan fingerprint density at radius 2 is 1.78 bits per heavy atom. The summed E-state index contributed by atoms with van der Waals surface area (Å²) in [5, 5.41) is 1.17. The fourth-order valence-electron chi connectivity index (χ4n) is 3.68. The predicted octanol–water partition coefficient (Wildman–Crippen LogP) is 3.61. The van der Waals surface area contributed by atoms with Crippen molar-refractivity contribution in [1.82, 2.24) is 14.9 Å². The molecule has 0 fully saturated rings. The van der Waals surface area contributed by atoms with Crippen LogP contribution in [0, 0.1) is 5.82 Å².